The molecule has 26 heavy (non-hydrogen) atoms. The Bertz CT molecular complexity index is 1210. The molecule has 2 aliphatic rings. The van der Waals surface area contributed by atoms with Crippen molar-refractivity contribution in [3.8, 4) is 17.2 Å². The molecule has 0 unspecified atom stereocenters. The van der Waals surface area contributed by atoms with Crippen LogP contribution in [0.3, 0.4) is 0 Å². The average molecular weight is 347 g/mol. The summed E-state index contributed by atoms with van der Waals surface area (Å²) in [4.78, 5) is 23.4. The van der Waals surface area contributed by atoms with E-state index in [0.717, 1.165) is 11.5 Å². The Kier molecular flexibility index (Phi) is 3.61. The third-order valence-corrected chi connectivity index (χ3v) is 4.35. The van der Waals surface area contributed by atoms with Crippen LogP contribution in [0.5, 0.6) is 5.75 Å². The van der Waals surface area contributed by atoms with Gasteiger partial charge in [-0.2, -0.15) is 0 Å². The molecule has 1 aliphatic heterocycles. The summed E-state index contributed by atoms with van der Waals surface area (Å²) in [6.07, 6.45) is 0. The summed E-state index contributed by atoms with van der Waals surface area (Å²) in [6.45, 7) is 1.92. The van der Waals surface area contributed by atoms with Gasteiger partial charge in [0, 0.05) is 37.0 Å². The normalized spacial score (nSPS) is 12.2. The van der Waals surface area contributed by atoms with Crippen molar-refractivity contribution in [3.05, 3.63) is 52.7 Å². The van der Waals surface area contributed by atoms with Gasteiger partial charge in [0.2, 0.25) is 0 Å². The maximum absolute atomic E-state index is 12.3. The summed E-state index contributed by atoms with van der Waals surface area (Å²) in [7, 11) is 3.85. The lowest BCUT2D eigenvalue weighted by Crippen LogP contribution is -2.17. The average Bonchev–Trinajstić information content (AvgIpc) is 2.60. The molecule has 130 valence electrons. The molecule has 0 spiro atoms. The van der Waals surface area contributed by atoms with Crippen LogP contribution in [-0.2, 0) is 0 Å². The molecule has 1 N–H and O–H groups in total. The first-order chi connectivity index (χ1) is 12.4. The first-order valence-corrected chi connectivity index (χ1v) is 8.15. The van der Waals surface area contributed by atoms with Gasteiger partial charge in [-0.3, -0.25) is 4.79 Å². The van der Waals surface area contributed by atoms with Gasteiger partial charge in [0.1, 0.15) is 22.8 Å². The monoisotopic (exact) mass is 347 g/mol. The smallest absolute Gasteiger partial charge is 0.190 e. The predicted molar refractivity (Wildman–Crippen MR) is 103 cm³/mol. The predicted octanol–water partition coefficient (Wildman–Crippen LogP) is 3.76. The van der Waals surface area contributed by atoms with Gasteiger partial charge >= 0.3 is 0 Å². The highest BCUT2D eigenvalue weighted by atomic mass is 16.3. The zero-order valence-corrected chi connectivity index (χ0v) is 14.6. The minimum absolute atomic E-state index is 0.0788. The number of aromatic nitrogens is 1. The van der Waals surface area contributed by atoms with Crippen LogP contribution < -0.4 is 5.43 Å². The Morgan fingerprint density at radius 2 is 1.92 bits per heavy atom. The molecular weight excluding hydrogens is 330 g/mol. The first-order valence-electron chi connectivity index (χ1n) is 8.15. The fourth-order valence-corrected chi connectivity index (χ4v) is 2.81. The molecule has 2 aromatic rings. The lowest BCUT2D eigenvalue weighted by Gasteiger charge is -2.12. The summed E-state index contributed by atoms with van der Waals surface area (Å²) in [5, 5.41) is 10.9. The van der Waals surface area contributed by atoms with Gasteiger partial charge in [-0.05, 0) is 37.3 Å². The molecule has 6 heteroatoms. The number of aromatic hydroxyl groups is 1. The van der Waals surface area contributed by atoms with E-state index in [1.54, 1.807) is 12.1 Å². The van der Waals surface area contributed by atoms with Gasteiger partial charge in [-0.25, -0.2) is 9.98 Å². The van der Waals surface area contributed by atoms with Crippen molar-refractivity contribution < 1.29 is 9.52 Å². The quantitative estimate of drug-likeness (QED) is 0.245. The standard InChI is InChI=1S/C20H17N3O3/c1-11(23(2)3)21-12-4-7-16-18(8-12)26-19-10-17(25)14-6-5-13(24)9-15(14)20(19)22-16/h4-10,24H,1-3H3/b21-11+. The maximum Gasteiger partial charge on any atom is 0.190 e. The van der Waals surface area contributed by atoms with Crippen LogP contribution in [0.4, 0.5) is 5.69 Å². The van der Waals surface area contributed by atoms with Crippen LogP contribution in [0.25, 0.3) is 33.3 Å². The van der Waals surface area contributed by atoms with Crippen LogP contribution in [0.15, 0.2) is 56.7 Å². The summed E-state index contributed by atoms with van der Waals surface area (Å²) >= 11 is 0. The number of nitrogens with zero attached hydrogens (tertiary/aromatic N) is 3. The van der Waals surface area contributed by atoms with E-state index in [4.69, 9.17) is 4.42 Å². The SMILES string of the molecule is C/C(=N\c1ccc2nc3c4cc(O)ccc4c(=O)cc-3oc2c1)N(C)C. The number of rotatable bonds is 1. The summed E-state index contributed by atoms with van der Waals surface area (Å²) in [5.41, 5.74) is 2.32. The zero-order valence-electron chi connectivity index (χ0n) is 14.6. The van der Waals surface area contributed by atoms with Gasteiger partial charge in [0.05, 0.1) is 5.69 Å². The largest absolute Gasteiger partial charge is 0.508 e. The van der Waals surface area contributed by atoms with E-state index in [-0.39, 0.29) is 11.2 Å². The van der Waals surface area contributed by atoms with Crippen molar-refractivity contribution in [2.75, 3.05) is 14.1 Å². The number of hydrogen-bond donors (Lipinski definition) is 1. The minimum atomic E-state index is -0.171. The Morgan fingerprint density at radius 1 is 1.12 bits per heavy atom. The second-order valence-electron chi connectivity index (χ2n) is 6.37. The van der Waals surface area contributed by atoms with Crippen molar-refractivity contribution in [1.82, 2.24) is 9.88 Å². The van der Waals surface area contributed by atoms with Crippen LogP contribution in [0.1, 0.15) is 6.92 Å². The van der Waals surface area contributed by atoms with Crippen molar-refractivity contribution >= 4 is 33.4 Å². The minimum Gasteiger partial charge on any atom is -0.508 e. The Morgan fingerprint density at radius 3 is 2.69 bits per heavy atom. The van der Waals surface area contributed by atoms with E-state index in [0.29, 0.717) is 33.3 Å². The molecule has 0 bridgehead atoms. The lowest BCUT2D eigenvalue weighted by atomic mass is 10.0. The van der Waals surface area contributed by atoms with E-state index >= 15 is 0 Å². The zero-order chi connectivity index (χ0) is 18.4. The first kappa shape index (κ1) is 16.1. The topological polar surface area (TPSA) is 78.9 Å². The van der Waals surface area contributed by atoms with Crippen molar-refractivity contribution in [3.63, 3.8) is 0 Å². The Hall–Kier alpha value is -3.41. The highest BCUT2D eigenvalue weighted by Gasteiger charge is 2.16. The highest BCUT2D eigenvalue weighted by Crippen LogP contribution is 2.32. The van der Waals surface area contributed by atoms with Crippen LogP contribution in [0, 0.1) is 0 Å². The molecule has 0 fully saturated rings. The molecule has 1 aliphatic carbocycles. The summed E-state index contributed by atoms with van der Waals surface area (Å²) < 4.78 is 5.93. The van der Waals surface area contributed by atoms with Crippen LogP contribution in [-0.4, -0.2) is 34.9 Å². The highest BCUT2D eigenvalue weighted by molar-refractivity contribution is 5.97. The summed E-state index contributed by atoms with van der Waals surface area (Å²) in [6, 6.07) is 11.6. The van der Waals surface area contributed by atoms with Gasteiger partial charge in [0.25, 0.3) is 0 Å². The number of aliphatic imine (C=N–C) groups is 1. The van der Waals surface area contributed by atoms with E-state index in [9.17, 15) is 9.90 Å². The van der Waals surface area contributed by atoms with E-state index < -0.39 is 0 Å². The van der Waals surface area contributed by atoms with Gasteiger partial charge in [0.15, 0.2) is 16.8 Å². The second kappa shape index (κ2) is 5.84. The number of amidine groups is 1. The van der Waals surface area contributed by atoms with E-state index in [1.165, 1.54) is 18.2 Å². The van der Waals surface area contributed by atoms with Gasteiger partial charge < -0.3 is 14.4 Å². The van der Waals surface area contributed by atoms with Gasteiger partial charge in [-0.15, -0.1) is 0 Å². The van der Waals surface area contributed by atoms with E-state index in [1.807, 2.05) is 38.1 Å². The second-order valence-corrected chi connectivity index (χ2v) is 6.37. The molecule has 0 saturated carbocycles. The van der Waals surface area contributed by atoms with Crippen molar-refractivity contribution in [1.29, 1.82) is 0 Å². The van der Waals surface area contributed by atoms with E-state index in [2.05, 4.69) is 9.98 Å². The number of fused-ring (bicyclic) bond motifs is 4. The fraction of sp³-hybridized carbons (Fsp3) is 0.150. The molecule has 0 radical (unpaired) electrons. The molecule has 0 atom stereocenters. The molecule has 0 aromatic heterocycles. The number of phenolic OH excluding ortho intramolecular Hbond substituents is 1. The van der Waals surface area contributed by atoms with Crippen LogP contribution >= 0.6 is 0 Å². The molecular formula is C20H17N3O3. The third-order valence-electron chi connectivity index (χ3n) is 4.35. The maximum atomic E-state index is 12.3. The fourth-order valence-electron chi connectivity index (χ4n) is 2.81. The number of benzene rings is 3. The van der Waals surface area contributed by atoms with Crippen LogP contribution in [0.2, 0.25) is 0 Å². The van der Waals surface area contributed by atoms with Gasteiger partial charge in [-0.1, -0.05) is 0 Å². The lowest BCUT2D eigenvalue weighted by molar-refractivity contribution is 0.476. The third kappa shape index (κ3) is 2.65. The van der Waals surface area contributed by atoms with Crippen molar-refractivity contribution in [2.45, 2.75) is 6.92 Å². The molecule has 0 amide bonds. The Labute approximate surface area is 149 Å². The Balaban J connectivity index is 1.99. The summed E-state index contributed by atoms with van der Waals surface area (Å²) in [5.74, 6) is 1.32. The number of phenols is 1. The molecule has 2 aromatic carbocycles. The molecule has 1 heterocycles. The van der Waals surface area contributed by atoms with Crippen molar-refractivity contribution in [2.24, 2.45) is 4.99 Å². The molecule has 4 rings (SSSR count). The molecule has 0 saturated heterocycles. The molecule has 6 nitrogen and oxygen atoms in total. The number of hydrogen-bond acceptors (Lipinski definition) is 5.